The van der Waals surface area contributed by atoms with E-state index in [0.29, 0.717) is 0 Å². The number of carbonyl (C=O) groups excluding carboxylic acids is 1. The zero-order valence-electron chi connectivity index (χ0n) is 12.7. The minimum atomic E-state index is -0.390. The Morgan fingerprint density at radius 3 is 2.78 bits per heavy atom. The normalized spacial score (nSPS) is 16.7. The van der Waals surface area contributed by atoms with Gasteiger partial charge in [-0.3, -0.25) is 14.8 Å². The summed E-state index contributed by atoms with van der Waals surface area (Å²) in [7, 11) is 0. The van der Waals surface area contributed by atoms with Crippen molar-refractivity contribution < 1.29 is 4.79 Å². The molecule has 1 N–H and O–H groups in total. The Labute approximate surface area is 133 Å². The highest BCUT2D eigenvalue weighted by Crippen LogP contribution is 2.37. The SMILES string of the molecule is Cc1ccc(N=CC2C(=O)Nc3ccc4ncccc4c32)cc1. The van der Waals surface area contributed by atoms with E-state index >= 15 is 0 Å². The van der Waals surface area contributed by atoms with Gasteiger partial charge in [0, 0.05) is 29.0 Å². The summed E-state index contributed by atoms with van der Waals surface area (Å²) in [4.78, 5) is 21.2. The second-order valence-electron chi connectivity index (χ2n) is 5.68. The van der Waals surface area contributed by atoms with Crippen molar-refractivity contribution in [3.8, 4) is 0 Å². The average molecular weight is 301 g/mol. The summed E-state index contributed by atoms with van der Waals surface area (Å²) in [5, 5.41) is 3.92. The van der Waals surface area contributed by atoms with E-state index in [1.807, 2.05) is 55.5 Å². The monoisotopic (exact) mass is 301 g/mol. The predicted octanol–water partition coefficient (Wildman–Crippen LogP) is 3.98. The van der Waals surface area contributed by atoms with Gasteiger partial charge < -0.3 is 5.32 Å². The number of hydrogen-bond donors (Lipinski definition) is 1. The van der Waals surface area contributed by atoms with Crippen LogP contribution in [0.2, 0.25) is 0 Å². The highest BCUT2D eigenvalue weighted by Gasteiger charge is 2.31. The zero-order chi connectivity index (χ0) is 15.8. The Morgan fingerprint density at radius 1 is 1.13 bits per heavy atom. The second kappa shape index (κ2) is 5.32. The van der Waals surface area contributed by atoms with Crippen molar-refractivity contribution in [1.29, 1.82) is 0 Å². The number of benzene rings is 2. The molecular formula is C19H15N3O. The van der Waals surface area contributed by atoms with Gasteiger partial charge in [0.05, 0.1) is 11.2 Å². The molecule has 1 aliphatic rings. The number of fused-ring (bicyclic) bond motifs is 3. The van der Waals surface area contributed by atoms with Crippen LogP contribution in [0.3, 0.4) is 0 Å². The molecule has 4 rings (SSSR count). The molecule has 1 aromatic heterocycles. The molecule has 2 heterocycles. The summed E-state index contributed by atoms with van der Waals surface area (Å²) < 4.78 is 0. The minimum absolute atomic E-state index is 0.0489. The van der Waals surface area contributed by atoms with E-state index in [1.54, 1.807) is 12.4 Å². The first kappa shape index (κ1) is 13.6. The van der Waals surface area contributed by atoms with Crippen LogP contribution in [0.1, 0.15) is 17.0 Å². The van der Waals surface area contributed by atoms with Crippen LogP contribution < -0.4 is 5.32 Å². The van der Waals surface area contributed by atoms with Crippen molar-refractivity contribution in [2.45, 2.75) is 12.8 Å². The largest absolute Gasteiger partial charge is 0.325 e. The second-order valence-corrected chi connectivity index (χ2v) is 5.68. The summed E-state index contributed by atoms with van der Waals surface area (Å²) in [5.41, 5.74) is 4.71. The molecule has 0 spiro atoms. The van der Waals surface area contributed by atoms with Crippen LogP contribution in [-0.4, -0.2) is 17.1 Å². The number of carbonyl (C=O) groups is 1. The number of hydrogen-bond acceptors (Lipinski definition) is 3. The summed E-state index contributed by atoms with van der Waals surface area (Å²) in [6, 6.07) is 15.6. The lowest BCUT2D eigenvalue weighted by molar-refractivity contribution is -0.115. The molecule has 0 aliphatic carbocycles. The van der Waals surface area contributed by atoms with E-state index in [4.69, 9.17) is 0 Å². The van der Waals surface area contributed by atoms with Gasteiger partial charge in [-0.2, -0.15) is 0 Å². The molecule has 1 amide bonds. The first-order chi connectivity index (χ1) is 11.2. The predicted molar refractivity (Wildman–Crippen MR) is 92.4 cm³/mol. The lowest BCUT2D eigenvalue weighted by Crippen LogP contribution is -2.13. The maximum absolute atomic E-state index is 12.3. The Morgan fingerprint density at radius 2 is 1.96 bits per heavy atom. The molecule has 112 valence electrons. The summed E-state index contributed by atoms with van der Waals surface area (Å²) >= 11 is 0. The third-order valence-electron chi connectivity index (χ3n) is 4.08. The van der Waals surface area contributed by atoms with Crippen molar-refractivity contribution in [1.82, 2.24) is 4.98 Å². The Balaban J connectivity index is 1.78. The molecule has 4 nitrogen and oxygen atoms in total. The van der Waals surface area contributed by atoms with Crippen molar-refractivity contribution in [2.24, 2.45) is 4.99 Å². The standard InChI is InChI=1S/C19H15N3O/c1-12-4-6-13(7-5-12)21-11-15-18-14-3-2-10-20-16(14)8-9-17(18)22-19(15)23/h2-11,15H,1H3,(H,22,23). The highest BCUT2D eigenvalue weighted by molar-refractivity contribution is 6.16. The molecule has 23 heavy (non-hydrogen) atoms. The van der Waals surface area contributed by atoms with Crippen LogP contribution >= 0.6 is 0 Å². The smallest absolute Gasteiger partial charge is 0.237 e. The number of nitrogens with zero attached hydrogens (tertiary/aromatic N) is 2. The number of aryl methyl sites for hydroxylation is 1. The van der Waals surface area contributed by atoms with Crippen LogP contribution in [0.15, 0.2) is 59.7 Å². The van der Waals surface area contributed by atoms with Crippen LogP contribution in [0.4, 0.5) is 11.4 Å². The summed E-state index contributed by atoms with van der Waals surface area (Å²) in [5.74, 6) is -0.439. The van der Waals surface area contributed by atoms with E-state index in [-0.39, 0.29) is 11.8 Å². The number of aromatic nitrogens is 1. The molecule has 2 aromatic carbocycles. The summed E-state index contributed by atoms with van der Waals surface area (Å²) in [6.45, 7) is 2.04. The fourth-order valence-electron chi connectivity index (χ4n) is 2.89. The van der Waals surface area contributed by atoms with Gasteiger partial charge in [0.1, 0.15) is 5.92 Å². The molecule has 1 aliphatic heterocycles. The molecule has 0 bridgehead atoms. The first-order valence-corrected chi connectivity index (χ1v) is 7.52. The van der Waals surface area contributed by atoms with E-state index in [1.165, 1.54) is 5.56 Å². The van der Waals surface area contributed by atoms with Crippen LogP contribution in [-0.2, 0) is 4.79 Å². The average Bonchev–Trinajstić information content (AvgIpc) is 2.90. The van der Waals surface area contributed by atoms with E-state index in [2.05, 4.69) is 15.3 Å². The van der Waals surface area contributed by atoms with Crippen LogP contribution in [0, 0.1) is 6.92 Å². The fraction of sp³-hybridized carbons (Fsp3) is 0.105. The maximum atomic E-state index is 12.3. The number of anilines is 1. The van der Waals surface area contributed by atoms with Crippen LogP contribution in [0.25, 0.3) is 10.9 Å². The van der Waals surface area contributed by atoms with E-state index < -0.39 is 0 Å². The molecule has 0 radical (unpaired) electrons. The zero-order valence-corrected chi connectivity index (χ0v) is 12.7. The fourth-order valence-corrected chi connectivity index (χ4v) is 2.89. The molecule has 0 saturated carbocycles. The maximum Gasteiger partial charge on any atom is 0.237 e. The van der Waals surface area contributed by atoms with Gasteiger partial charge in [0.25, 0.3) is 0 Å². The summed E-state index contributed by atoms with van der Waals surface area (Å²) in [6.07, 6.45) is 3.48. The minimum Gasteiger partial charge on any atom is -0.325 e. The van der Waals surface area contributed by atoms with E-state index in [9.17, 15) is 4.79 Å². The van der Waals surface area contributed by atoms with Gasteiger partial charge >= 0.3 is 0 Å². The third kappa shape index (κ3) is 2.38. The third-order valence-corrected chi connectivity index (χ3v) is 4.08. The Bertz CT molecular complexity index is 929. The lowest BCUT2D eigenvalue weighted by Gasteiger charge is -2.06. The van der Waals surface area contributed by atoms with Gasteiger partial charge in [-0.25, -0.2) is 0 Å². The molecule has 1 unspecified atom stereocenters. The van der Waals surface area contributed by atoms with Crippen molar-refractivity contribution >= 4 is 34.4 Å². The van der Waals surface area contributed by atoms with Gasteiger partial charge in [0.15, 0.2) is 0 Å². The number of aliphatic imine (C=N–C) groups is 1. The molecular weight excluding hydrogens is 286 g/mol. The molecule has 3 aromatic rings. The Hall–Kier alpha value is -3.01. The van der Waals surface area contributed by atoms with Crippen molar-refractivity contribution in [3.05, 3.63) is 65.9 Å². The quantitative estimate of drug-likeness (QED) is 0.728. The van der Waals surface area contributed by atoms with Gasteiger partial charge in [0.2, 0.25) is 5.91 Å². The van der Waals surface area contributed by atoms with Gasteiger partial charge in [-0.15, -0.1) is 0 Å². The van der Waals surface area contributed by atoms with E-state index in [0.717, 1.165) is 27.8 Å². The molecule has 0 fully saturated rings. The number of amides is 1. The number of pyridine rings is 1. The topological polar surface area (TPSA) is 54.4 Å². The number of rotatable bonds is 2. The van der Waals surface area contributed by atoms with Crippen molar-refractivity contribution in [2.75, 3.05) is 5.32 Å². The van der Waals surface area contributed by atoms with Gasteiger partial charge in [-0.05, 0) is 37.3 Å². The molecule has 4 heteroatoms. The lowest BCUT2D eigenvalue weighted by atomic mass is 9.97. The van der Waals surface area contributed by atoms with Gasteiger partial charge in [-0.1, -0.05) is 23.8 Å². The number of nitrogens with one attached hydrogen (secondary N) is 1. The van der Waals surface area contributed by atoms with Crippen molar-refractivity contribution in [3.63, 3.8) is 0 Å². The first-order valence-electron chi connectivity index (χ1n) is 7.52. The molecule has 1 atom stereocenters. The molecule has 0 saturated heterocycles. The Kier molecular flexibility index (Phi) is 3.15. The van der Waals surface area contributed by atoms with Crippen LogP contribution in [0.5, 0.6) is 0 Å². The highest BCUT2D eigenvalue weighted by atomic mass is 16.2.